The predicted octanol–water partition coefficient (Wildman–Crippen LogP) is 5.67. The molecule has 36 heavy (non-hydrogen) atoms. The molecule has 1 atom stereocenters. The van der Waals surface area contributed by atoms with E-state index in [1.807, 2.05) is 29.2 Å². The van der Waals surface area contributed by atoms with Gasteiger partial charge in [0, 0.05) is 48.3 Å². The van der Waals surface area contributed by atoms with Gasteiger partial charge in [-0.3, -0.25) is 4.79 Å². The highest BCUT2D eigenvalue weighted by atomic mass is 35.5. The van der Waals surface area contributed by atoms with Crippen molar-refractivity contribution in [3.05, 3.63) is 93.9 Å². The smallest absolute Gasteiger partial charge is 0.288 e. The number of nitroso groups, excluding NO2 is 1. The van der Waals surface area contributed by atoms with Gasteiger partial charge in [-0.2, -0.15) is 0 Å². The molecule has 0 bridgehead atoms. The first-order valence-corrected chi connectivity index (χ1v) is 11.9. The number of hydrogen-bond donors (Lipinski definition) is 0. The molecule has 1 saturated heterocycles. The quantitative estimate of drug-likeness (QED) is 0.424. The van der Waals surface area contributed by atoms with E-state index >= 15 is 0 Å². The molecule has 5 rings (SSSR count). The fourth-order valence-electron chi connectivity index (χ4n) is 4.69. The molecule has 0 aliphatic carbocycles. The first-order valence-electron chi connectivity index (χ1n) is 11.5. The molecule has 0 radical (unpaired) electrons. The van der Waals surface area contributed by atoms with E-state index in [4.69, 9.17) is 16.6 Å². The summed E-state index contributed by atoms with van der Waals surface area (Å²) in [6.45, 7) is 2.50. The van der Waals surface area contributed by atoms with Gasteiger partial charge >= 0.3 is 0 Å². The van der Waals surface area contributed by atoms with Crippen LogP contribution < -0.4 is 9.80 Å². The highest BCUT2D eigenvalue weighted by molar-refractivity contribution is 6.31. The number of carbonyl (C=O) groups is 1. The summed E-state index contributed by atoms with van der Waals surface area (Å²) in [5, 5.41) is 2.55. The zero-order valence-corrected chi connectivity index (χ0v) is 19.9. The molecule has 2 heterocycles. The van der Waals surface area contributed by atoms with Gasteiger partial charge in [-0.1, -0.05) is 29.8 Å². The first-order chi connectivity index (χ1) is 17.4. The average Bonchev–Trinajstić information content (AvgIpc) is 2.90. The Balaban J connectivity index is 1.52. The van der Waals surface area contributed by atoms with Crippen LogP contribution >= 0.6 is 11.6 Å². The molecule has 7 nitrogen and oxygen atoms in total. The maximum absolute atomic E-state index is 14.0. The number of fused-ring (bicyclic) bond motifs is 1. The van der Waals surface area contributed by atoms with Crippen LogP contribution in [0.25, 0.3) is 0 Å². The number of halogens is 3. The van der Waals surface area contributed by atoms with Crippen molar-refractivity contribution in [2.45, 2.75) is 12.5 Å². The van der Waals surface area contributed by atoms with Gasteiger partial charge in [0.25, 0.3) is 5.91 Å². The van der Waals surface area contributed by atoms with Gasteiger partial charge in [0.1, 0.15) is 11.6 Å². The number of rotatable bonds is 4. The summed E-state index contributed by atoms with van der Waals surface area (Å²) in [5.41, 5.74) is 2.90. The Labute approximate surface area is 211 Å². The molecule has 1 unspecified atom stereocenters. The summed E-state index contributed by atoms with van der Waals surface area (Å²) in [6.07, 6.45) is -0.177. The number of carbonyl (C=O) groups excluding carboxylic acids is 1. The van der Waals surface area contributed by atoms with Crippen LogP contribution in [-0.4, -0.2) is 42.9 Å². The van der Waals surface area contributed by atoms with E-state index in [1.54, 1.807) is 18.2 Å². The number of para-hydroxylation sites is 1. The van der Waals surface area contributed by atoms with Crippen molar-refractivity contribution in [3.63, 3.8) is 0 Å². The van der Waals surface area contributed by atoms with Crippen molar-refractivity contribution in [2.24, 2.45) is 10.2 Å². The number of benzene rings is 3. The molecule has 0 saturated carbocycles. The summed E-state index contributed by atoms with van der Waals surface area (Å²) >= 11 is 6.12. The third-order valence-corrected chi connectivity index (χ3v) is 6.74. The van der Waals surface area contributed by atoms with E-state index in [9.17, 15) is 18.5 Å². The number of nitrogens with zero attached hydrogens (tertiary/aromatic N) is 5. The van der Waals surface area contributed by atoms with Crippen molar-refractivity contribution in [3.8, 4) is 0 Å². The van der Waals surface area contributed by atoms with Gasteiger partial charge in [-0.15, -0.1) is 4.91 Å². The molecular formula is C26H22ClF2N5O2. The number of amides is 1. The van der Waals surface area contributed by atoms with Crippen LogP contribution in [0.3, 0.4) is 0 Å². The average molecular weight is 510 g/mol. The molecule has 0 spiro atoms. The van der Waals surface area contributed by atoms with Crippen LogP contribution in [0.2, 0.25) is 5.02 Å². The molecule has 1 fully saturated rings. The molecule has 2 aliphatic heterocycles. The largest absolute Gasteiger partial charge is 0.368 e. The second-order valence-electron chi connectivity index (χ2n) is 8.59. The molecule has 10 heteroatoms. The van der Waals surface area contributed by atoms with Gasteiger partial charge in [0.15, 0.2) is 0 Å². The summed E-state index contributed by atoms with van der Waals surface area (Å²) in [4.78, 5) is 34.2. The zero-order chi connectivity index (χ0) is 25.2. The fourth-order valence-corrected chi connectivity index (χ4v) is 4.86. The predicted molar refractivity (Wildman–Crippen MR) is 136 cm³/mol. The lowest BCUT2D eigenvalue weighted by Gasteiger charge is -2.45. The lowest BCUT2D eigenvalue weighted by atomic mass is 9.97. The maximum atomic E-state index is 14.0. The van der Waals surface area contributed by atoms with Crippen molar-refractivity contribution >= 4 is 40.5 Å². The molecule has 0 aromatic heterocycles. The monoisotopic (exact) mass is 509 g/mol. The summed E-state index contributed by atoms with van der Waals surface area (Å²) in [5.74, 6) is -1.08. The van der Waals surface area contributed by atoms with Crippen LogP contribution in [0, 0.1) is 16.5 Å². The molecule has 3 aromatic carbocycles. The standard InChI is InChI=1S/C26H22ClF2N5O2/c27-21-15-19(9-10-22(21)29)34-24(16-25(35)31-36)20-3-1-2-4-23(20)30-26(34)33-13-11-32(12-14-33)18-7-5-17(28)6-8-18/h1-10,15,24H,11-14,16H2. The Hall–Kier alpha value is -3.85. The minimum atomic E-state index is -0.796. The maximum Gasteiger partial charge on any atom is 0.288 e. The number of guanidine groups is 1. The van der Waals surface area contributed by atoms with Gasteiger partial charge in [-0.25, -0.2) is 13.8 Å². The first kappa shape index (κ1) is 23.9. The molecule has 184 valence electrons. The van der Waals surface area contributed by atoms with Gasteiger partial charge in [-0.05, 0) is 48.5 Å². The third kappa shape index (κ3) is 4.66. The van der Waals surface area contributed by atoms with Crippen LogP contribution in [0.1, 0.15) is 18.0 Å². The van der Waals surface area contributed by atoms with Gasteiger partial charge in [0.05, 0.1) is 23.2 Å². The van der Waals surface area contributed by atoms with Crippen LogP contribution in [-0.2, 0) is 4.79 Å². The zero-order valence-electron chi connectivity index (χ0n) is 19.2. The Morgan fingerprint density at radius 1 is 0.944 bits per heavy atom. The molecule has 2 aliphatic rings. The number of aliphatic imine (C=N–C) groups is 1. The van der Waals surface area contributed by atoms with Gasteiger partial charge < -0.3 is 14.7 Å². The number of piperazine rings is 1. The Bertz CT molecular complexity index is 1330. The van der Waals surface area contributed by atoms with Crippen LogP contribution in [0.4, 0.5) is 25.8 Å². The highest BCUT2D eigenvalue weighted by Crippen LogP contribution is 2.41. The van der Waals surface area contributed by atoms with E-state index in [0.29, 0.717) is 43.5 Å². The summed E-state index contributed by atoms with van der Waals surface area (Å²) < 4.78 is 27.4. The number of hydrogen-bond acceptors (Lipinski definition) is 6. The van der Waals surface area contributed by atoms with E-state index in [1.165, 1.54) is 24.3 Å². The summed E-state index contributed by atoms with van der Waals surface area (Å²) in [7, 11) is 0. The normalized spacial score (nSPS) is 17.5. The third-order valence-electron chi connectivity index (χ3n) is 6.45. The molecule has 1 amide bonds. The van der Waals surface area contributed by atoms with Crippen molar-refractivity contribution in [2.75, 3.05) is 36.0 Å². The number of anilines is 2. The fraction of sp³-hybridized carbons (Fsp3) is 0.231. The Morgan fingerprint density at radius 3 is 2.31 bits per heavy atom. The Morgan fingerprint density at radius 2 is 1.61 bits per heavy atom. The minimum absolute atomic E-state index is 0.0644. The van der Waals surface area contributed by atoms with E-state index in [-0.39, 0.29) is 17.3 Å². The summed E-state index contributed by atoms with van der Waals surface area (Å²) in [6, 6.07) is 17.5. The molecule has 3 aromatic rings. The second-order valence-corrected chi connectivity index (χ2v) is 9.00. The highest BCUT2D eigenvalue weighted by Gasteiger charge is 2.36. The van der Waals surface area contributed by atoms with E-state index < -0.39 is 17.8 Å². The van der Waals surface area contributed by atoms with Crippen LogP contribution in [0.5, 0.6) is 0 Å². The van der Waals surface area contributed by atoms with Gasteiger partial charge in [0.2, 0.25) is 5.96 Å². The van der Waals surface area contributed by atoms with Crippen molar-refractivity contribution in [1.82, 2.24) is 4.90 Å². The van der Waals surface area contributed by atoms with E-state index in [2.05, 4.69) is 15.0 Å². The van der Waals surface area contributed by atoms with E-state index in [0.717, 1.165) is 11.3 Å². The van der Waals surface area contributed by atoms with Crippen molar-refractivity contribution < 1.29 is 13.6 Å². The van der Waals surface area contributed by atoms with Crippen molar-refractivity contribution in [1.29, 1.82) is 0 Å². The lowest BCUT2D eigenvalue weighted by molar-refractivity contribution is -0.118. The topological polar surface area (TPSA) is 68.6 Å². The minimum Gasteiger partial charge on any atom is -0.368 e. The van der Waals surface area contributed by atoms with Crippen LogP contribution in [0.15, 0.2) is 76.9 Å². The lowest BCUT2D eigenvalue weighted by Crippen LogP contribution is -2.55. The SMILES string of the molecule is O=NC(=O)CC1c2ccccc2N=C(N2CCN(c3ccc(F)cc3)CC2)N1c1ccc(F)c(Cl)c1. The Kier molecular flexibility index (Phi) is 6.65. The molecular weight excluding hydrogens is 488 g/mol. The second kappa shape index (κ2) is 10.0. The molecule has 0 N–H and O–H groups in total.